The smallest absolute Gasteiger partial charge is 0.208 e. The minimum absolute atomic E-state index is 0.564. The molecular weight excluding hydrogens is 198 g/mol. The van der Waals surface area contributed by atoms with E-state index < -0.39 is 5.60 Å². The molecular formula is C9H15N3OS. The van der Waals surface area contributed by atoms with Crippen LogP contribution in [0.3, 0.4) is 0 Å². The molecule has 0 bridgehead atoms. The monoisotopic (exact) mass is 213 g/mol. The highest BCUT2D eigenvalue weighted by molar-refractivity contribution is 8.13. The maximum absolute atomic E-state index is 9.87. The second-order valence-corrected chi connectivity index (χ2v) is 4.49. The fourth-order valence-electron chi connectivity index (χ4n) is 1.67. The predicted molar refractivity (Wildman–Crippen MR) is 58.0 cm³/mol. The molecule has 1 aliphatic heterocycles. The van der Waals surface area contributed by atoms with E-state index in [9.17, 15) is 5.11 Å². The van der Waals surface area contributed by atoms with Crippen LogP contribution in [0.25, 0.3) is 0 Å². The van der Waals surface area contributed by atoms with Crippen LogP contribution in [-0.4, -0.2) is 40.1 Å². The lowest BCUT2D eigenvalue weighted by Gasteiger charge is -2.37. The maximum Gasteiger partial charge on any atom is 0.208 e. The van der Waals surface area contributed by atoms with E-state index in [1.807, 2.05) is 18.1 Å². The van der Waals surface area contributed by atoms with Gasteiger partial charge < -0.3 is 10.0 Å². The van der Waals surface area contributed by atoms with Gasteiger partial charge in [0.25, 0.3) is 0 Å². The molecule has 0 aromatic carbocycles. The summed E-state index contributed by atoms with van der Waals surface area (Å²) in [4.78, 5) is 5.70. The standard InChI is InChI=1S/C9H15N3OS/c1-9(13)4-3-5-12(6-9)8(14-2)11-7-10/h13H,3-6H2,1-2H3. The first-order valence-electron chi connectivity index (χ1n) is 4.57. The van der Waals surface area contributed by atoms with Crippen LogP contribution in [0.1, 0.15) is 19.8 Å². The van der Waals surface area contributed by atoms with Crippen molar-refractivity contribution in [3.63, 3.8) is 0 Å². The Bertz CT molecular complexity index is 270. The third-order valence-electron chi connectivity index (χ3n) is 2.27. The van der Waals surface area contributed by atoms with Crippen molar-refractivity contribution >= 4 is 16.9 Å². The number of thioether (sulfide) groups is 1. The molecule has 1 saturated heterocycles. The molecule has 14 heavy (non-hydrogen) atoms. The van der Waals surface area contributed by atoms with Gasteiger partial charge in [-0.1, -0.05) is 11.8 Å². The lowest BCUT2D eigenvalue weighted by molar-refractivity contribution is 0.00660. The van der Waals surface area contributed by atoms with E-state index in [0.29, 0.717) is 11.7 Å². The Hall–Kier alpha value is -0.730. The highest BCUT2D eigenvalue weighted by Crippen LogP contribution is 2.22. The summed E-state index contributed by atoms with van der Waals surface area (Å²) in [7, 11) is 0. The van der Waals surface area contributed by atoms with Gasteiger partial charge in [-0.25, -0.2) is 0 Å². The van der Waals surface area contributed by atoms with Crippen molar-refractivity contribution in [1.29, 1.82) is 5.26 Å². The van der Waals surface area contributed by atoms with Crippen molar-refractivity contribution in [2.45, 2.75) is 25.4 Å². The Kier molecular flexibility index (Phi) is 3.78. The molecule has 0 saturated carbocycles. The minimum atomic E-state index is -0.649. The van der Waals surface area contributed by atoms with E-state index in [-0.39, 0.29) is 0 Å². The van der Waals surface area contributed by atoms with Crippen LogP contribution in [0, 0.1) is 11.5 Å². The number of β-amino-alcohol motifs (C(OH)–C–C–N with tert-alkyl or cyclic N) is 1. The molecule has 1 aliphatic rings. The first-order chi connectivity index (χ1) is 6.59. The fourth-order valence-corrected chi connectivity index (χ4v) is 2.22. The highest BCUT2D eigenvalue weighted by atomic mass is 32.2. The van der Waals surface area contributed by atoms with Crippen molar-refractivity contribution in [2.24, 2.45) is 4.99 Å². The number of amidine groups is 1. The van der Waals surface area contributed by atoms with Gasteiger partial charge in [0.2, 0.25) is 6.19 Å². The molecule has 0 aromatic rings. The Morgan fingerprint density at radius 3 is 2.93 bits per heavy atom. The highest BCUT2D eigenvalue weighted by Gasteiger charge is 2.29. The number of piperidine rings is 1. The van der Waals surface area contributed by atoms with Gasteiger partial charge in [-0.2, -0.15) is 5.26 Å². The molecule has 0 amide bonds. The zero-order chi connectivity index (χ0) is 10.6. The summed E-state index contributed by atoms with van der Waals surface area (Å²) in [6, 6.07) is 0. The van der Waals surface area contributed by atoms with E-state index in [4.69, 9.17) is 5.26 Å². The van der Waals surface area contributed by atoms with E-state index in [2.05, 4.69) is 4.99 Å². The Balaban J connectivity index is 2.69. The zero-order valence-electron chi connectivity index (χ0n) is 8.53. The van der Waals surface area contributed by atoms with Crippen molar-refractivity contribution < 1.29 is 5.11 Å². The molecule has 1 heterocycles. The lowest BCUT2D eigenvalue weighted by atomic mass is 9.96. The van der Waals surface area contributed by atoms with Gasteiger partial charge in [-0.3, -0.25) is 0 Å². The van der Waals surface area contributed by atoms with Crippen LogP contribution < -0.4 is 0 Å². The van der Waals surface area contributed by atoms with Gasteiger partial charge in [-0.15, -0.1) is 4.99 Å². The number of hydrogen-bond acceptors (Lipinski definition) is 4. The molecule has 1 fully saturated rings. The van der Waals surface area contributed by atoms with Crippen LogP contribution in [0.2, 0.25) is 0 Å². The maximum atomic E-state index is 9.87. The largest absolute Gasteiger partial charge is 0.388 e. The van der Waals surface area contributed by atoms with Gasteiger partial charge >= 0.3 is 0 Å². The zero-order valence-corrected chi connectivity index (χ0v) is 9.34. The van der Waals surface area contributed by atoms with E-state index in [0.717, 1.165) is 19.4 Å². The lowest BCUT2D eigenvalue weighted by Crippen LogP contribution is -2.47. The number of aliphatic hydroxyl groups is 1. The number of rotatable bonds is 0. The second-order valence-electron chi connectivity index (χ2n) is 3.72. The second kappa shape index (κ2) is 4.67. The average Bonchev–Trinajstić information content (AvgIpc) is 2.12. The average molecular weight is 213 g/mol. The fraction of sp³-hybridized carbons (Fsp3) is 0.778. The third kappa shape index (κ3) is 2.89. The normalized spacial score (nSPS) is 28.7. The summed E-state index contributed by atoms with van der Waals surface area (Å²) in [6.07, 6.45) is 5.44. The first kappa shape index (κ1) is 11.3. The molecule has 1 unspecified atom stereocenters. The van der Waals surface area contributed by atoms with Crippen LogP contribution in [0.15, 0.2) is 4.99 Å². The first-order valence-corrected chi connectivity index (χ1v) is 5.79. The number of aliphatic imine (C=N–C) groups is 1. The SMILES string of the molecule is CSC(=NC#N)N1CCCC(C)(O)C1. The number of hydrogen-bond donors (Lipinski definition) is 1. The van der Waals surface area contributed by atoms with Gasteiger partial charge in [0, 0.05) is 13.1 Å². The van der Waals surface area contributed by atoms with Crippen LogP contribution in [0.4, 0.5) is 0 Å². The Labute approximate surface area is 88.6 Å². The number of likely N-dealkylation sites (tertiary alicyclic amines) is 1. The summed E-state index contributed by atoms with van der Waals surface area (Å²) >= 11 is 1.44. The summed E-state index contributed by atoms with van der Waals surface area (Å²) in [6.45, 7) is 3.26. The van der Waals surface area contributed by atoms with Crippen molar-refractivity contribution in [2.75, 3.05) is 19.3 Å². The van der Waals surface area contributed by atoms with Crippen molar-refractivity contribution in [3.8, 4) is 6.19 Å². The van der Waals surface area contributed by atoms with E-state index >= 15 is 0 Å². The van der Waals surface area contributed by atoms with E-state index in [1.54, 1.807) is 6.19 Å². The molecule has 0 aliphatic carbocycles. The summed E-state index contributed by atoms with van der Waals surface area (Å²) < 4.78 is 0. The van der Waals surface area contributed by atoms with E-state index in [1.165, 1.54) is 11.8 Å². The van der Waals surface area contributed by atoms with Gasteiger partial charge in [0.05, 0.1) is 5.60 Å². The van der Waals surface area contributed by atoms with Crippen molar-refractivity contribution in [3.05, 3.63) is 0 Å². The minimum Gasteiger partial charge on any atom is -0.388 e. The number of nitrogens with zero attached hydrogens (tertiary/aromatic N) is 3. The summed E-state index contributed by atoms with van der Waals surface area (Å²) in [5.41, 5.74) is -0.649. The van der Waals surface area contributed by atoms with Gasteiger partial charge in [0.1, 0.15) is 0 Å². The van der Waals surface area contributed by atoms with Crippen LogP contribution in [-0.2, 0) is 0 Å². The quantitative estimate of drug-likeness (QED) is 0.371. The molecule has 4 nitrogen and oxygen atoms in total. The number of nitriles is 1. The topological polar surface area (TPSA) is 59.6 Å². The molecule has 1 rings (SSSR count). The molecule has 0 spiro atoms. The summed E-state index contributed by atoms with van der Waals surface area (Å²) in [5.74, 6) is 0. The molecule has 78 valence electrons. The molecule has 0 radical (unpaired) electrons. The van der Waals surface area contributed by atoms with Crippen molar-refractivity contribution in [1.82, 2.24) is 4.90 Å². The molecule has 1 atom stereocenters. The van der Waals surface area contributed by atoms with Crippen LogP contribution in [0.5, 0.6) is 0 Å². The molecule has 1 N–H and O–H groups in total. The van der Waals surface area contributed by atoms with Crippen LogP contribution >= 0.6 is 11.8 Å². The molecule has 5 heteroatoms. The Morgan fingerprint density at radius 1 is 1.71 bits per heavy atom. The van der Waals surface area contributed by atoms with Gasteiger partial charge in [0.15, 0.2) is 5.17 Å². The third-order valence-corrected chi connectivity index (χ3v) is 2.99. The predicted octanol–water partition coefficient (Wildman–Crippen LogP) is 1.03. The Morgan fingerprint density at radius 2 is 2.43 bits per heavy atom. The van der Waals surface area contributed by atoms with Gasteiger partial charge in [-0.05, 0) is 26.0 Å². The molecule has 0 aromatic heterocycles. The summed E-state index contributed by atoms with van der Waals surface area (Å²) in [5, 5.41) is 19.1.